The zero-order chi connectivity index (χ0) is 18.6. The van der Waals surface area contributed by atoms with E-state index in [1.54, 1.807) is 6.07 Å². The van der Waals surface area contributed by atoms with E-state index in [-0.39, 0.29) is 17.6 Å². The third kappa shape index (κ3) is 3.80. The van der Waals surface area contributed by atoms with Crippen LogP contribution in [0.5, 0.6) is 17.2 Å². The molecule has 25 heavy (non-hydrogen) atoms. The van der Waals surface area contributed by atoms with Crippen LogP contribution in [0.4, 0.5) is 11.8 Å². The van der Waals surface area contributed by atoms with Crippen molar-refractivity contribution in [2.24, 2.45) is 0 Å². The highest BCUT2D eigenvalue weighted by molar-refractivity contribution is 6.33. The van der Waals surface area contributed by atoms with Crippen LogP contribution in [0.1, 0.15) is 11.1 Å². The summed E-state index contributed by atoms with van der Waals surface area (Å²) >= 11 is 12.4. The Labute approximate surface area is 154 Å². The van der Waals surface area contributed by atoms with E-state index in [1.165, 1.54) is 21.3 Å². The van der Waals surface area contributed by atoms with Crippen LogP contribution in [-0.2, 0) is 6.54 Å². The molecule has 0 unspecified atom stereocenters. The fraction of sp³-hybridized carbons (Fsp3) is 0.267. The van der Waals surface area contributed by atoms with Gasteiger partial charge in [0, 0.05) is 12.8 Å². The lowest BCUT2D eigenvalue weighted by atomic mass is 10.1. The van der Waals surface area contributed by atoms with Crippen molar-refractivity contribution in [2.75, 3.05) is 32.4 Å². The standard InChI is InChI=1S/C15H17Cl2N5O3/c1-23-9-4-7(10(16)12(25-3)11(9)24-2)6-20-14-8(5-18)13(17)21-15(19)22-14/h4-5,18H,6H2,1-3H3,(H3,19,20,21,22). The summed E-state index contributed by atoms with van der Waals surface area (Å²) in [4.78, 5) is 7.87. The summed E-state index contributed by atoms with van der Waals surface area (Å²) in [5.74, 6) is 1.53. The molecule has 0 spiro atoms. The molecule has 10 heteroatoms. The summed E-state index contributed by atoms with van der Waals surface area (Å²) in [5.41, 5.74) is 6.59. The monoisotopic (exact) mass is 385 g/mol. The van der Waals surface area contributed by atoms with E-state index in [9.17, 15) is 0 Å². The number of hydrogen-bond acceptors (Lipinski definition) is 8. The van der Waals surface area contributed by atoms with Gasteiger partial charge >= 0.3 is 0 Å². The van der Waals surface area contributed by atoms with Gasteiger partial charge in [0.25, 0.3) is 0 Å². The Morgan fingerprint density at radius 2 is 1.84 bits per heavy atom. The number of nitrogens with zero attached hydrogens (tertiary/aromatic N) is 2. The topological polar surface area (TPSA) is 115 Å². The molecule has 0 atom stereocenters. The van der Waals surface area contributed by atoms with Crippen molar-refractivity contribution in [3.8, 4) is 17.2 Å². The molecule has 0 saturated heterocycles. The quantitative estimate of drug-likeness (QED) is 0.495. The van der Waals surface area contributed by atoms with Crippen molar-refractivity contribution in [1.29, 1.82) is 5.41 Å². The van der Waals surface area contributed by atoms with Crippen LogP contribution in [0.2, 0.25) is 10.2 Å². The summed E-state index contributed by atoms with van der Waals surface area (Å²) in [5, 5.41) is 10.9. The van der Waals surface area contributed by atoms with Crippen LogP contribution in [0.15, 0.2) is 6.07 Å². The number of anilines is 2. The number of nitrogens with two attached hydrogens (primary N) is 1. The third-order valence-electron chi connectivity index (χ3n) is 3.35. The molecular formula is C15H17Cl2N5O3. The Bertz CT molecular complexity index is 801. The Balaban J connectivity index is 2.41. The first-order valence-electron chi connectivity index (χ1n) is 7.01. The van der Waals surface area contributed by atoms with Crippen LogP contribution >= 0.6 is 23.2 Å². The van der Waals surface area contributed by atoms with Crippen LogP contribution in [0.25, 0.3) is 0 Å². The van der Waals surface area contributed by atoms with E-state index in [0.29, 0.717) is 39.2 Å². The third-order valence-corrected chi connectivity index (χ3v) is 4.05. The zero-order valence-electron chi connectivity index (χ0n) is 13.8. The van der Waals surface area contributed by atoms with Crippen molar-refractivity contribution in [1.82, 2.24) is 9.97 Å². The molecule has 0 aliphatic heterocycles. The van der Waals surface area contributed by atoms with Crippen molar-refractivity contribution >= 4 is 41.2 Å². The fourth-order valence-electron chi connectivity index (χ4n) is 2.20. The molecule has 0 aliphatic carbocycles. The maximum atomic E-state index is 7.45. The molecule has 0 aliphatic rings. The lowest BCUT2D eigenvalue weighted by Gasteiger charge is -2.17. The maximum absolute atomic E-state index is 7.45. The summed E-state index contributed by atoms with van der Waals surface area (Å²) in [7, 11) is 4.50. The summed E-state index contributed by atoms with van der Waals surface area (Å²) in [6.45, 7) is 0.253. The number of nitrogen functional groups attached to an aromatic ring is 1. The molecule has 0 amide bonds. The van der Waals surface area contributed by atoms with E-state index in [0.717, 1.165) is 6.21 Å². The minimum absolute atomic E-state index is 0.00547. The van der Waals surface area contributed by atoms with Gasteiger partial charge in [-0.05, 0) is 11.6 Å². The highest BCUT2D eigenvalue weighted by atomic mass is 35.5. The first kappa shape index (κ1) is 18.9. The molecule has 4 N–H and O–H groups in total. The highest BCUT2D eigenvalue weighted by Gasteiger charge is 2.20. The summed E-state index contributed by atoms with van der Waals surface area (Å²) in [6.07, 6.45) is 1.04. The second-order valence-electron chi connectivity index (χ2n) is 4.75. The number of rotatable bonds is 7. The van der Waals surface area contributed by atoms with Crippen molar-refractivity contribution in [2.45, 2.75) is 6.54 Å². The predicted octanol–water partition coefficient (Wildman–Crippen LogP) is 3.00. The van der Waals surface area contributed by atoms with E-state index in [4.69, 9.17) is 48.6 Å². The van der Waals surface area contributed by atoms with E-state index in [1.807, 2.05) is 0 Å². The van der Waals surface area contributed by atoms with Gasteiger partial charge in [0.15, 0.2) is 11.5 Å². The Morgan fingerprint density at radius 1 is 1.16 bits per heavy atom. The zero-order valence-corrected chi connectivity index (χ0v) is 15.3. The molecule has 1 heterocycles. The largest absolute Gasteiger partial charge is 0.493 e. The minimum Gasteiger partial charge on any atom is -0.493 e. The first-order valence-corrected chi connectivity index (χ1v) is 7.77. The lowest BCUT2D eigenvalue weighted by molar-refractivity contribution is 0.324. The van der Waals surface area contributed by atoms with Crippen LogP contribution < -0.4 is 25.3 Å². The van der Waals surface area contributed by atoms with E-state index in [2.05, 4.69) is 15.3 Å². The lowest BCUT2D eigenvalue weighted by Crippen LogP contribution is -2.09. The van der Waals surface area contributed by atoms with Gasteiger partial charge in [-0.25, -0.2) is 4.98 Å². The summed E-state index contributed by atoms with van der Waals surface area (Å²) in [6, 6.07) is 1.72. The van der Waals surface area contributed by atoms with Gasteiger partial charge in [0.2, 0.25) is 11.7 Å². The Morgan fingerprint density at radius 3 is 2.40 bits per heavy atom. The summed E-state index contributed by atoms with van der Waals surface area (Å²) < 4.78 is 15.9. The van der Waals surface area contributed by atoms with Gasteiger partial charge in [-0.2, -0.15) is 4.98 Å². The van der Waals surface area contributed by atoms with E-state index < -0.39 is 0 Å². The number of methoxy groups -OCH3 is 3. The second kappa shape index (κ2) is 8.09. The number of ether oxygens (including phenoxy) is 3. The maximum Gasteiger partial charge on any atom is 0.223 e. The van der Waals surface area contributed by atoms with Crippen molar-refractivity contribution < 1.29 is 14.2 Å². The molecule has 134 valence electrons. The van der Waals surface area contributed by atoms with Gasteiger partial charge in [0.1, 0.15) is 11.0 Å². The van der Waals surface area contributed by atoms with Crippen LogP contribution in [-0.4, -0.2) is 37.5 Å². The van der Waals surface area contributed by atoms with Gasteiger partial charge in [-0.3, -0.25) is 0 Å². The molecule has 1 aromatic carbocycles. The molecule has 8 nitrogen and oxygen atoms in total. The number of nitrogens with one attached hydrogen (secondary N) is 2. The predicted molar refractivity (Wildman–Crippen MR) is 97.8 cm³/mol. The SMILES string of the molecule is COc1cc(CNc2nc(N)nc(Cl)c2C=N)c(Cl)c(OC)c1OC. The molecule has 0 fully saturated rings. The molecule has 0 radical (unpaired) electrons. The minimum atomic E-state index is -0.00547. The molecule has 2 rings (SSSR count). The number of aromatic nitrogens is 2. The first-order chi connectivity index (χ1) is 12.0. The van der Waals surface area contributed by atoms with Crippen LogP contribution in [0.3, 0.4) is 0 Å². The molecular weight excluding hydrogens is 369 g/mol. The number of hydrogen-bond donors (Lipinski definition) is 3. The Hall–Kier alpha value is -2.45. The van der Waals surface area contributed by atoms with E-state index >= 15 is 0 Å². The molecule has 1 aromatic heterocycles. The average Bonchev–Trinajstić information content (AvgIpc) is 2.59. The number of halogens is 2. The van der Waals surface area contributed by atoms with Crippen LogP contribution in [0, 0.1) is 5.41 Å². The van der Waals surface area contributed by atoms with Gasteiger partial charge in [-0.1, -0.05) is 23.2 Å². The molecule has 2 aromatic rings. The highest BCUT2D eigenvalue weighted by Crippen LogP contribution is 2.44. The van der Waals surface area contributed by atoms with Crippen molar-refractivity contribution in [3.05, 3.63) is 27.4 Å². The normalized spacial score (nSPS) is 10.3. The Kier molecular flexibility index (Phi) is 6.11. The van der Waals surface area contributed by atoms with Gasteiger partial charge in [-0.15, -0.1) is 0 Å². The molecule has 0 saturated carbocycles. The smallest absolute Gasteiger partial charge is 0.223 e. The number of benzene rings is 1. The average molecular weight is 386 g/mol. The second-order valence-corrected chi connectivity index (χ2v) is 5.49. The molecule has 0 bridgehead atoms. The van der Waals surface area contributed by atoms with Gasteiger partial charge < -0.3 is 30.7 Å². The van der Waals surface area contributed by atoms with Gasteiger partial charge in [0.05, 0.1) is 31.9 Å². The fourth-order valence-corrected chi connectivity index (χ4v) is 2.72. The van der Waals surface area contributed by atoms with Crippen molar-refractivity contribution in [3.63, 3.8) is 0 Å².